The van der Waals surface area contributed by atoms with E-state index in [1.54, 1.807) is 0 Å². The second-order valence-electron chi connectivity index (χ2n) is 3.25. The lowest BCUT2D eigenvalue weighted by Crippen LogP contribution is -2.30. The maximum Gasteiger partial charge on any atom is 0.304 e. The van der Waals surface area contributed by atoms with Gasteiger partial charge >= 0.3 is 11.9 Å². The van der Waals surface area contributed by atoms with Gasteiger partial charge in [-0.15, -0.1) is 10.2 Å². The van der Waals surface area contributed by atoms with Gasteiger partial charge in [0.25, 0.3) is 0 Å². The van der Waals surface area contributed by atoms with E-state index in [-0.39, 0.29) is 6.73 Å². The topological polar surface area (TPSA) is 77.3 Å². The minimum absolute atomic E-state index is 0.154. The lowest BCUT2D eigenvalue weighted by atomic mass is 10.1. The summed E-state index contributed by atoms with van der Waals surface area (Å²) in [6.45, 7) is 6.14. The van der Waals surface area contributed by atoms with Crippen LogP contribution in [0.15, 0.2) is 10.2 Å². The van der Waals surface area contributed by atoms with Crippen LogP contribution in [0.2, 0.25) is 0 Å². The van der Waals surface area contributed by atoms with Gasteiger partial charge in [0.2, 0.25) is 12.5 Å². The van der Waals surface area contributed by atoms with E-state index >= 15 is 0 Å². The van der Waals surface area contributed by atoms with Gasteiger partial charge in [0.05, 0.1) is 0 Å². The molecule has 0 saturated heterocycles. The molecule has 0 aliphatic heterocycles. The highest BCUT2D eigenvalue weighted by Crippen LogP contribution is 2.22. The molecular formula is C10H18N2O4. The van der Waals surface area contributed by atoms with Gasteiger partial charge in [0, 0.05) is 26.7 Å². The van der Waals surface area contributed by atoms with E-state index in [2.05, 4.69) is 15.0 Å². The molecular weight excluding hydrogens is 212 g/mol. The van der Waals surface area contributed by atoms with Crippen LogP contribution < -0.4 is 0 Å². The fourth-order valence-corrected chi connectivity index (χ4v) is 1.10. The predicted octanol–water partition coefficient (Wildman–Crippen LogP) is 2.04. The van der Waals surface area contributed by atoms with Gasteiger partial charge in [-0.2, -0.15) is 0 Å². The Kier molecular flexibility index (Phi) is 6.29. The lowest BCUT2D eigenvalue weighted by Gasteiger charge is -2.24. The minimum atomic E-state index is -0.939. The van der Waals surface area contributed by atoms with Crippen LogP contribution in [0.25, 0.3) is 0 Å². The SMILES string of the molecule is CCC(CC)(/N=N/COC(C)=O)OC(C)=O. The zero-order chi connectivity index (χ0) is 12.6. The van der Waals surface area contributed by atoms with Gasteiger partial charge in [-0.1, -0.05) is 13.8 Å². The first-order valence-corrected chi connectivity index (χ1v) is 5.17. The van der Waals surface area contributed by atoms with Gasteiger partial charge in [-0.3, -0.25) is 9.59 Å². The molecule has 0 rings (SSSR count). The molecule has 0 aromatic carbocycles. The molecule has 0 aliphatic carbocycles. The number of hydrogen-bond donors (Lipinski definition) is 0. The normalized spacial score (nSPS) is 11.5. The van der Waals surface area contributed by atoms with Gasteiger partial charge in [0.1, 0.15) is 0 Å². The molecule has 0 saturated carbocycles. The quantitative estimate of drug-likeness (QED) is 0.516. The zero-order valence-corrected chi connectivity index (χ0v) is 10.1. The van der Waals surface area contributed by atoms with Crippen LogP contribution in [-0.2, 0) is 19.1 Å². The van der Waals surface area contributed by atoms with E-state index < -0.39 is 17.7 Å². The number of rotatable bonds is 6. The highest BCUT2D eigenvalue weighted by molar-refractivity contribution is 5.66. The molecule has 0 heterocycles. The van der Waals surface area contributed by atoms with Gasteiger partial charge < -0.3 is 9.47 Å². The summed E-state index contributed by atoms with van der Waals surface area (Å²) in [5.74, 6) is -0.833. The van der Waals surface area contributed by atoms with Crippen molar-refractivity contribution in [3.63, 3.8) is 0 Å². The first-order chi connectivity index (χ1) is 7.45. The highest BCUT2D eigenvalue weighted by atomic mass is 16.6. The molecule has 0 bridgehead atoms. The molecule has 0 fully saturated rings. The van der Waals surface area contributed by atoms with Crippen molar-refractivity contribution in [3.8, 4) is 0 Å². The first kappa shape index (κ1) is 14.5. The van der Waals surface area contributed by atoms with Crippen molar-refractivity contribution in [3.05, 3.63) is 0 Å². The summed E-state index contributed by atoms with van der Waals surface area (Å²) in [5.41, 5.74) is -0.939. The number of nitrogens with zero attached hydrogens (tertiary/aromatic N) is 2. The average molecular weight is 230 g/mol. The molecule has 92 valence electrons. The molecule has 16 heavy (non-hydrogen) atoms. The predicted molar refractivity (Wildman–Crippen MR) is 56.6 cm³/mol. The molecule has 6 nitrogen and oxygen atoms in total. The third-order valence-electron chi connectivity index (χ3n) is 2.02. The van der Waals surface area contributed by atoms with Crippen molar-refractivity contribution in [1.82, 2.24) is 0 Å². The van der Waals surface area contributed by atoms with Crippen LogP contribution in [0.3, 0.4) is 0 Å². The lowest BCUT2D eigenvalue weighted by molar-refractivity contribution is -0.158. The van der Waals surface area contributed by atoms with Crippen LogP contribution in [0, 0.1) is 0 Å². The minimum Gasteiger partial charge on any atom is -0.441 e. The summed E-state index contributed by atoms with van der Waals surface area (Å²) >= 11 is 0. The third kappa shape index (κ3) is 5.43. The van der Waals surface area contributed by atoms with E-state index in [1.165, 1.54) is 13.8 Å². The van der Waals surface area contributed by atoms with Gasteiger partial charge in [-0.05, 0) is 0 Å². The molecule has 0 aromatic rings. The van der Waals surface area contributed by atoms with E-state index in [0.717, 1.165) is 0 Å². The van der Waals surface area contributed by atoms with Crippen molar-refractivity contribution in [2.24, 2.45) is 10.2 Å². The number of azo groups is 1. The number of carbonyl (C=O) groups excluding carboxylic acids is 2. The Morgan fingerprint density at radius 2 is 1.69 bits per heavy atom. The smallest absolute Gasteiger partial charge is 0.304 e. The van der Waals surface area contributed by atoms with Gasteiger partial charge in [-0.25, -0.2) is 0 Å². The summed E-state index contributed by atoms with van der Waals surface area (Å²) < 4.78 is 9.69. The fraction of sp³-hybridized carbons (Fsp3) is 0.800. The van der Waals surface area contributed by atoms with Crippen molar-refractivity contribution >= 4 is 11.9 Å². The number of esters is 2. The highest BCUT2D eigenvalue weighted by Gasteiger charge is 2.29. The number of ether oxygens (including phenoxy) is 2. The van der Waals surface area contributed by atoms with Crippen LogP contribution >= 0.6 is 0 Å². The second kappa shape index (κ2) is 6.92. The Bertz CT molecular complexity index is 272. The summed E-state index contributed by atoms with van der Waals surface area (Å²) in [5, 5.41) is 7.59. The summed E-state index contributed by atoms with van der Waals surface area (Å²) in [4.78, 5) is 21.4. The Labute approximate surface area is 95.0 Å². The van der Waals surface area contributed by atoms with Crippen molar-refractivity contribution in [2.75, 3.05) is 6.73 Å². The van der Waals surface area contributed by atoms with Crippen LogP contribution in [0.1, 0.15) is 40.5 Å². The average Bonchev–Trinajstić information content (AvgIpc) is 2.22. The molecule has 0 N–H and O–H groups in total. The molecule has 0 aromatic heterocycles. The maximum atomic E-state index is 10.9. The molecule has 0 unspecified atom stereocenters. The number of hydrogen-bond acceptors (Lipinski definition) is 6. The second-order valence-corrected chi connectivity index (χ2v) is 3.25. The standard InChI is InChI=1S/C10H18N2O4/c1-5-10(6-2,16-9(4)14)12-11-7-15-8(3)13/h5-7H2,1-4H3/b12-11+. The maximum absolute atomic E-state index is 10.9. The van der Waals surface area contributed by atoms with E-state index in [4.69, 9.17) is 4.74 Å². The molecule has 6 heteroatoms. The van der Waals surface area contributed by atoms with E-state index in [0.29, 0.717) is 12.8 Å². The molecule has 0 atom stereocenters. The Morgan fingerprint density at radius 1 is 1.12 bits per heavy atom. The monoisotopic (exact) mass is 230 g/mol. The van der Waals surface area contributed by atoms with Crippen molar-refractivity contribution < 1.29 is 19.1 Å². The van der Waals surface area contributed by atoms with Crippen LogP contribution in [0.5, 0.6) is 0 Å². The van der Waals surface area contributed by atoms with Crippen molar-refractivity contribution in [1.29, 1.82) is 0 Å². The Balaban J connectivity index is 4.41. The van der Waals surface area contributed by atoms with Crippen molar-refractivity contribution in [2.45, 2.75) is 46.3 Å². The van der Waals surface area contributed by atoms with E-state index in [9.17, 15) is 9.59 Å². The third-order valence-corrected chi connectivity index (χ3v) is 2.02. The summed E-state index contributed by atoms with van der Waals surface area (Å²) in [6, 6.07) is 0. The van der Waals surface area contributed by atoms with Gasteiger partial charge in [0.15, 0.2) is 0 Å². The fourth-order valence-electron chi connectivity index (χ4n) is 1.10. The molecule has 0 radical (unpaired) electrons. The first-order valence-electron chi connectivity index (χ1n) is 5.17. The van der Waals surface area contributed by atoms with Crippen LogP contribution in [-0.4, -0.2) is 24.4 Å². The molecule has 0 amide bonds. The summed E-state index contributed by atoms with van der Waals surface area (Å²) in [7, 11) is 0. The summed E-state index contributed by atoms with van der Waals surface area (Å²) in [6.07, 6.45) is 1.04. The Hall–Kier alpha value is -1.46. The Morgan fingerprint density at radius 3 is 2.06 bits per heavy atom. The van der Waals surface area contributed by atoms with E-state index in [1.807, 2.05) is 13.8 Å². The molecule has 0 aliphatic rings. The van der Waals surface area contributed by atoms with Crippen LogP contribution in [0.4, 0.5) is 0 Å². The number of carbonyl (C=O) groups is 2. The molecule has 0 spiro atoms. The zero-order valence-electron chi connectivity index (χ0n) is 10.1. The largest absolute Gasteiger partial charge is 0.441 e.